The molecular weight excluding hydrogens is 188 g/mol. The van der Waals surface area contributed by atoms with Crippen LogP contribution in [-0.2, 0) is 4.43 Å². The molecule has 14 heavy (non-hydrogen) atoms. The summed E-state index contributed by atoms with van der Waals surface area (Å²) in [7, 11) is -0.977. The third kappa shape index (κ3) is 2.82. The summed E-state index contributed by atoms with van der Waals surface area (Å²) in [4.78, 5) is 0. The fourth-order valence-electron chi connectivity index (χ4n) is 1.70. The van der Waals surface area contributed by atoms with Crippen molar-refractivity contribution in [3.05, 3.63) is 41.6 Å². The molecule has 0 radical (unpaired) electrons. The Hall–Kier alpha value is -0.863. The lowest BCUT2D eigenvalue weighted by molar-refractivity contribution is 0.294. The van der Waals surface area contributed by atoms with Crippen molar-refractivity contribution >= 4 is 15.1 Å². The minimum atomic E-state index is -0.977. The van der Waals surface area contributed by atoms with Crippen LogP contribution < -0.4 is 0 Å². The van der Waals surface area contributed by atoms with Gasteiger partial charge in [-0.3, -0.25) is 0 Å². The molecule has 1 saturated heterocycles. The maximum atomic E-state index is 5.75. The zero-order valence-electron chi connectivity index (χ0n) is 8.36. The summed E-state index contributed by atoms with van der Waals surface area (Å²) in [6, 6.07) is 11.8. The van der Waals surface area contributed by atoms with Crippen LogP contribution in [0.25, 0.3) is 6.08 Å². The molecule has 1 nitrogen and oxygen atoms in total. The van der Waals surface area contributed by atoms with Gasteiger partial charge in [0.2, 0.25) is 9.04 Å². The van der Waals surface area contributed by atoms with E-state index in [1.54, 1.807) is 0 Å². The van der Waals surface area contributed by atoms with E-state index in [0.29, 0.717) is 0 Å². The Kier molecular flexibility index (Phi) is 3.55. The molecular formula is C12H16OSi. The van der Waals surface area contributed by atoms with Crippen molar-refractivity contribution in [1.29, 1.82) is 0 Å². The van der Waals surface area contributed by atoms with Crippen molar-refractivity contribution in [2.75, 3.05) is 6.61 Å². The van der Waals surface area contributed by atoms with E-state index in [9.17, 15) is 0 Å². The predicted octanol–water partition coefficient (Wildman–Crippen LogP) is 2.77. The molecule has 1 fully saturated rings. The molecule has 2 heteroatoms. The molecule has 1 atom stereocenters. The van der Waals surface area contributed by atoms with E-state index >= 15 is 0 Å². The van der Waals surface area contributed by atoms with Crippen molar-refractivity contribution < 1.29 is 4.43 Å². The first-order valence-corrected chi connectivity index (χ1v) is 7.25. The standard InChI is InChI=1S/C12H16OSi/c1-2-6-12(7-3-1)8-11-14-10-5-4-9-13-14/h1-3,6-8,11,14H,4-5,9-10H2/b11-8+. The summed E-state index contributed by atoms with van der Waals surface area (Å²) in [5, 5.41) is 0. The Morgan fingerprint density at radius 1 is 1.14 bits per heavy atom. The maximum absolute atomic E-state index is 5.75. The molecule has 1 aliphatic heterocycles. The molecule has 0 saturated carbocycles. The maximum Gasteiger partial charge on any atom is 0.201 e. The first kappa shape index (κ1) is 9.68. The van der Waals surface area contributed by atoms with Crippen molar-refractivity contribution in [2.45, 2.75) is 18.9 Å². The fraction of sp³-hybridized carbons (Fsp3) is 0.333. The second-order valence-electron chi connectivity index (χ2n) is 3.67. The van der Waals surface area contributed by atoms with Gasteiger partial charge < -0.3 is 4.43 Å². The van der Waals surface area contributed by atoms with Crippen LogP contribution in [0.1, 0.15) is 18.4 Å². The van der Waals surface area contributed by atoms with Crippen molar-refractivity contribution in [2.24, 2.45) is 0 Å². The molecule has 1 heterocycles. The lowest BCUT2D eigenvalue weighted by Gasteiger charge is -2.17. The molecule has 1 unspecified atom stereocenters. The Morgan fingerprint density at radius 2 is 2.00 bits per heavy atom. The van der Waals surface area contributed by atoms with Gasteiger partial charge in [0, 0.05) is 6.61 Å². The Morgan fingerprint density at radius 3 is 2.71 bits per heavy atom. The van der Waals surface area contributed by atoms with Gasteiger partial charge in [0.05, 0.1) is 0 Å². The molecule has 0 aromatic heterocycles. The van der Waals surface area contributed by atoms with Gasteiger partial charge >= 0.3 is 0 Å². The van der Waals surface area contributed by atoms with Gasteiger partial charge in [0.15, 0.2) is 0 Å². The Bertz CT molecular complexity index is 288. The normalized spacial score (nSPS) is 22.7. The van der Waals surface area contributed by atoms with Crippen LogP contribution in [-0.4, -0.2) is 15.6 Å². The van der Waals surface area contributed by atoms with Crippen LogP contribution in [0.4, 0.5) is 0 Å². The monoisotopic (exact) mass is 204 g/mol. The minimum Gasteiger partial charge on any atom is -0.416 e. The molecule has 1 aromatic carbocycles. The van der Waals surface area contributed by atoms with E-state index in [1.807, 2.05) is 6.07 Å². The Balaban J connectivity index is 1.93. The first-order chi connectivity index (χ1) is 6.95. The SMILES string of the molecule is C(=C\[SiH]1CCCCO1)/c1ccccc1. The highest BCUT2D eigenvalue weighted by molar-refractivity contribution is 6.58. The van der Waals surface area contributed by atoms with Gasteiger partial charge in [-0.05, 0) is 18.0 Å². The van der Waals surface area contributed by atoms with Crippen molar-refractivity contribution in [3.8, 4) is 0 Å². The van der Waals surface area contributed by atoms with E-state index in [1.165, 1.54) is 24.4 Å². The minimum absolute atomic E-state index is 0.977. The van der Waals surface area contributed by atoms with Crippen molar-refractivity contribution in [1.82, 2.24) is 0 Å². The average Bonchev–Trinajstić information content (AvgIpc) is 2.29. The molecule has 0 bridgehead atoms. The first-order valence-electron chi connectivity index (χ1n) is 5.30. The fourth-order valence-corrected chi connectivity index (χ4v) is 3.77. The molecule has 2 rings (SSSR count). The largest absolute Gasteiger partial charge is 0.416 e. The summed E-state index contributed by atoms with van der Waals surface area (Å²) in [6.45, 7) is 0.982. The highest BCUT2D eigenvalue weighted by Crippen LogP contribution is 2.12. The van der Waals surface area contributed by atoms with E-state index < -0.39 is 9.04 Å². The summed E-state index contributed by atoms with van der Waals surface area (Å²) >= 11 is 0. The lowest BCUT2D eigenvalue weighted by Crippen LogP contribution is -2.20. The van der Waals surface area contributed by atoms with Gasteiger partial charge in [-0.1, -0.05) is 48.5 Å². The second-order valence-corrected chi connectivity index (χ2v) is 6.05. The van der Waals surface area contributed by atoms with Crippen LogP contribution in [0.5, 0.6) is 0 Å². The third-order valence-corrected chi connectivity index (χ3v) is 4.78. The van der Waals surface area contributed by atoms with Crippen LogP contribution in [0.3, 0.4) is 0 Å². The van der Waals surface area contributed by atoms with Crippen LogP contribution in [0, 0.1) is 0 Å². The number of rotatable bonds is 2. The summed E-state index contributed by atoms with van der Waals surface area (Å²) < 4.78 is 5.75. The molecule has 1 aromatic rings. The topological polar surface area (TPSA) is 9.23 Å². The molecule has 0 N–H and O–H groups in total. The third-order valence-electron chi connectivity index (χ3n) is 2.52. The van der Waals surface area contributed by atoms with Gasteiger partial charge in [0.1, 0.15) is 0 Å². The van der Waals surface area contributed by atoms with Gasteiger partial charge in [-0.15, -0.1) is 0 Å². The van der Waals surface area contributed by atoms with E-state index in [2.05, 4.69) is 36.0 Å². The quantitative estimate of drug-likeness (QED) is 0.673. The van der Waals surface area contributed by atoms with Gasteiger partial charge in [-0.2, -0.15) is 0 Å². The lowest BCUT2D eigenvalue weighted by atomic mass is 10.2. The smallest absolute Gasteiger partial charge is 0.201 e. The molecule has 0 spiro atoms. The van der Waals surface area contributed by atoms with E-state index in [0.717, 1.165) is 6.61 Å². The number of hydrogen-bond donors (Lipinski definition) is 0. The Labute approximate surface area is 87.1 Å². The summed E-state index contributed by atoms with van der Waals surface area (Å²) in [5.41, 5.74) is 3.60. The summed E-state index contributed by atoms with van der Waals surface area (Å²) in [5.74, 6) is 0. The molecule has 1 aliphatic rings. The second kappa shape index (κ2) is 5.13. The van der Waals surface area contributed by atoms with E-state index in [-0.39, 0.29) is 0 Å². The predicted molar refractivity (Wildman–Crippen MR) is 62.6 cm³/mol. The molecule has 0 aliphatic carbocycles. The van der Waals surface area contributed by atoms with Crippen LogP contribution in [0.2, 0.25) is 6.04 Å². The van der Waals surface area contributed by atoms with Gasteiger partial charge in [-0.25, -0.2) is 0 Å². The van der Waals surface area contributed by atoms with Crippen LogP contribution >= 0.6 is 0 Å². The zero-order chi connectivity index (χ0) is 9.64. The highest BCUT2D eigenvalue weighted by Gasteiger charge is 2.11. The molecule has 0 amide bonds. The molecule has 74 valence electrons. The van der Waals surface area contributed by atoms with Crippen molar-refractivity contribution in [3.63, 3.8) is 0 Å². The summed E-state index contributed by atoms with van der Waals surface area (Å²) in [6.07, 6.45) is 4.82. The van der Waals surface area contributed by atoms with Gasteiger partial charge in [0.25, 0.3) is 0 Å². The zero-order valence-corrected chi connectivity index (χ0v) is 9.51. The number of benzene rings is 1. The van der Waals surface area contributed by atoms with E-state index in [4.69, 9.17) is 4.43 Å². The highest BCUT2D eigenvalue weighted by atomic mass is 28.3. The average molecular weight is 204 g/mol. The number of hydrogen-bond acceptors (Lipinski definition) is 1. The van der Waals surface area contributed by atoms with Crippen LogP contribution in [0.15, 0.2) is 36.0 Å².